The molecular weight excluding hydrogens is 244 g/mol. The normalized spacial score (nSPS) is 18.3. The quantitative estimate of drug-likeness (QED) is 0.724. The predicted octanol–water partition coefficient (Wildman–Crippen LogP) is -1.15. The number of hydrogen-bond donors (Lipinski definition) is 1. The Hall–Kier alpha value is -1.41. The van der Waals surface area contributed by atoms with Crippen LogP contribution in [-0.2, 0) is 10.0 Å². The molecule has 0 aliphatic carbocycles. The summed E-state index contributed by atoms with van der Waals surface area (Å²) in [5.41, 5.74) is -0.250. The highest BCUT2D eigenvalue weighted by Crippen LogP contribution is 2.10. The first-order valence-corrected chi connectivity index (χ1v) is 7.07. The number of aromatic nitrogens is 2. The number of H-pyrrole nitrogens is 1. The maximum absolute atomic E-state index is 11.5. The average molecular weight is 258 g/mol. The van der Waals surface area contributed by atoms with Gasteiger partial charge in [0.25, 0.3) is 5.56 Å². The standard InChI is InChI=1S/C9H14N4O3S/c1-17(15,16)13-6-4-12(5-7-13)8-9(14)11-3-2-10-8/h2-3H,4-7H2,1H3,(H,11,14). The molecule has 0 spiro atoms. The lowest BCUT2D eigenvalue weighted by Crippen LogP contribution is -2.49. The Morgan fingerprint density at radius 2 is 1.94 bits per heavy atom. The van der Waals surface area contributed by atoms with Crippen LogP contribution in [0.3, 0.4) is 0 Å². The van der Waals surface area contributed by atoms with Gasteiger partial charge in [-0.1, -0.05) is 0 Å². The van der Waals surface area contributed by atoms with Gasteiger partial charge in [0, 0.05) is 38.6 Å². The Balaban J connectivity index is 2.10. The number of sulfonamides is 1. The third-order valence-electron chi connectivity index (χ3n) is 2.70. The Labute approximate surface area is 99.1 Å². The summed E-state index contributed by atoms with van der Waals surface area (Å²) in [5.74, 6) is 0.348. The number of nitrogens with one attached hydrogen (secondary N) is 1. The second-order valence-corrected chi connectivity index (χ2v) is 5.87. The van der Waals surface area contributed by atoms with Gasteiger partial charge in [-0.2, -0.15) is 4.31 Å². The summed E-state index contributed by atoms with van der Waals surface area (Å²) in [5, 5.41) is 0. The highest BCUT2D eigenvalue weighted by molar-refractivity contribution is 7.88. The van der Waals surface area contributed by atoms with Crippen LogP contribution in [0.4, 0.5) is 5.82 Å². The van der Waals surface area contributed by atoms with Crippen molar-refractivity contribution in [3.63, 3.8) is 0 Å². The molecule has 0 radical (unpaired) electrons. The molecule has 0 saturated carbocycles. The summed E-state index contributed by atoms with van der Waals surface area (Å²) in [6, 6.07) is 0. The molecule has 1 aliphatic rings. The van der Waals surface area contributed by atoms with Crippen molar-refractivity contribution >= 4 is 15.8 Å². The van der Waals surface area contributed by atoms with Gasteiger partial charge in [-0.3, -0.25) is 4.79 Å². The molecule has 8 heteroatoms. The highest BCUT2D eigenvalue weighted by Gasteiger charge is 2.24. The number of piperazine rings is 1. The van der Waals surface area contributed by atoms with E-state index in [-0.39, 0.29) is 5.56 Å². The molecular formula is C9H14N4O3S. The zero-order valence-corrected chi connectivity index (χ0v) is 10.3. The van der Waals surface area contributed by atoms with Crippen molar-refractivity contribution in [1.82, 2.24) is 14.3 Å². The van der Waals surface area contributed by atoms with Crippen molar-refractivity contribution in [3.05, 3.63) is 22.7 Å². The number of hydrogen-bond acceptors (Lipinski definition) is 5. The van der Waals surface area contributed by atoms with Crippen LogP contribution in [0.25, 0.3) is 0 Å². The molecule has 0 bridgehead atoms. The molecule has 1 saturated heterocycles. The maximum Gasteiger partial charge on any atom is 0.290 e. The first-order valence-electron chi connectivity index (χ1n) is 5.22. The fourth-order valence-electron chi connectivity index (χ4n) is 1.80. The Bertz CT molecular complexity index is 545. The van der Waals surface area contributed by atoms with E-state index in [1.807, 2.05) is 0 Å². The van der Waals surface area contributed by atoms with Gasteiger partial charge in [0.2, 0.25) is 10.0 Å². The fraction of sp³-hybridized carbons (Fsp3) is 0.556. The third kappa shape index (κ3) is 2.64. The van der Waals surface area contributed by atoms with Crippen molar-refractivity contribution < 1.29 is 8.42 Å². The monoisotopic (exact) mass is 258 g/mol. The summed E-state index contributed by atoms with van der Waals surface area (Å²) >= 11 is 0. The van der Waals surface area contributed by atoms with Crippen LogP contribution in [0.5, 0.6) is 0 Å². The zero-order chi connectivity index (χ0) is 12.5. The van der Waals surface area contributed by atoms with Crippen LogP contribution in [0.1, 0.15) is 0 Å². The second-order valence-electron chi connectivity index (χ2n) is 3.89. The van der Waals surface area contributed by atoms with E-state index >= 15 is 0 Å². The summed E-state index contributed by atoms with van der Waals surface area (Å²) in [6.45, 7) is 1.73. The zero-order valence-electron chi connectivity index (χ0n) is 9.46. The topological polar surface area (TPSA) is 86.4 Å². The predicted molar refractivity (Wildman–Crippen MR) is 63.5 cm³/mol. The van der Waals surface area contributed by atoms with Crippen molar-refractivity contribution in [2.75, 3.05) is 37.3 Å². The van der Waals surface area contributed by atoms with Gasteiger partial charge in [0.1, 0.15) is 0 Å². The first-order chi connectivity index (χ1) is 7.98. The minimum Gasteiger partial charge on any atom is -0.349 e. The molecule has 0 atom stereocenters. The first kappa shape index (κ1) is 12.1. The van der Waals surface area contributed by atoms with Crippen LogP contribution in [-0.4, -0.2) is 55.1 Å². The minimum atomic E-state index is -3.14. The molecule has 0 unspecified atom stereocenters. The van der Waals surface area contributed by atoms with E-state index in [0.29, 0.717) is 32.0 Å². The molecule has 2 heterocycles. The lowest BCUT2D eigenvalue weighted by molar-refractivity contribution is 0.386. The van der Waals surface area contributed by atoms with E-state index in [2.05, 4.69) is 9.97 Å². The molecule has 94 valence electrons. The third-order valence-corrected chi connectivity index (χ3v) is 4.00. The summed E-state index contributed by atoms with van der Waals surface area (Å²) in [7, 11) is -3.14. The smallest absolute Gasteiger partial charge is 0.290 e. The van der Waals surface area contributed by atoms with Crippen molar-refractivity contribution in [1.29, 1.82) is 0 Å². The average Bonchev–Trinajstić information content (AvgIpc) is 2.29. The summed E-state index contributed by atoms with van der Waals surface area (Å²) in [6.07, 6.45) is 4.18. The van der Waals surface area contributed by atoms with Gasteiger partial charge in [0.15, 0.2) is 5.82 Å². The largest absolute Gasteiger partial charge is 0.349 e. The SMILES string of the molecule is CS(=O)(=O)N1CCN(c2ncc[nH]c2=O)CC1. The van der Waals surface area contributed by atoms with E-state index in [1.54, 1.807) is 4.90 Å². The molecule has 0 amide bonds. The van der Waals surface area contributed by atoms with E-state index in [9.17, 15) is 13.2 Å². The molecule has 1 fully saturated rings. The van der Waals surface area contributed by atoms with Gasteiger partial charge >= 0.3 is 0 Å². The van der Waals surface area contributed by atoms with E-state index in [0.717, 1.165) is 0 Å². The van der Waals surface area contributed by atoms with Gasteiger partial charge < -0.3 is 9.88 Å². The van der Waals surface area contributed by atoms with Crippen molar-refractivity contribution in [2.24, 2.45) is 0 Å². The number of nitrogens with zero attached hydrogens (tertiary/aromatic N) is 3. The van der Waals surface area contributed by atoms with Crippen molar-refractivity contribution in [3.8, 4) is 0 Å². The van der Waals surface area contributed by atoms with Gasteiger partial charge in [-0.05, 0) is 0 Å². The summed E-state index contributed by atoms with van der Waals surface area (Å²) in [4.78, 5) is 19.8. The van der Waals surface area contributed by atoms with E-state index in [4.69, 9.17) is 0 Å². The molecule has 1 aromatic heterocycles. The molecule has 1 aromatic rings. The van der Waals surface area contributed by atoms with E-state index in [1.165, 1.54) is 23.0 Å². The summed E-state index contributed by atoms with van der Waals surface area (Å²) < 4.78 is 24.0. The second kappa shape index (κ2) is 4.46. The molecule has 0 aromatic carbocycles. The van der Waals surface area contributed by atoms with Crippen molar-refractivity contribution in [2.45, 2.75) is 0 Å². The van der Waals surface area contributed by atoms with Gasteiger partial charge in [-0.25, -0.2) is 13.4 Å². The lowest BCUT2D eigenvalue weighted by atomic mass is 10.3. The number of rotatable bonds is 2. The van der Waals surface area contributed by atoms with E-state index < -0.39 is 10.0 Å². The Kier molecular flexibility index (Phi) is 3.16. The van der Waals surface area contributed by atoms with Crippen LogP contribution in [0.2, 0.25) is 0 Å². The molecule has 7 nitrogen and oxygen atoms in total. The van der Waals surface area contributed by atoms with Crippen LogP contribution >= 0.6 is 0 Å². The highest BCUT2D eigenvalue weighted by atomic mass is 32.2. The van der Waals surface area contributed by atoms with Gasteiger partial charge in [0.05, 0.1) is 6.26 Å². The molecule has 2 rings (SSSR count). The molecule has 1 aliphatic heterocycles. The fourth-order valence-corrected chi connectivity index (χ4v) is 2.63. The van der Waals surface area contributed by atoms with Gasteiger partial charge in [-0.15, -0.1) is 0 Å². The molecule has 1 N–H and O–H groups in total. The minimum absolute atomic E-state index is 0.250. The van der Waals surface area contributed by atoms with Crippen LogP contribution < -0.4 is 10.5 Å². The van der Waals surface area contributed by atoms with Crippen LogP contribution in [0.15, 0.2) is 17.2 Å². The lowest BCUT2D eigenvalue weighted by Gasteiger charge is -2.33. The Morgan fingerprint density at radius 3 is 2.47 bits per heavy atom. The number of anilines is 1. The maximum atomic E-state index is 11.5. The Morgan fingerprint density at radius 1 is 1.29 bits per heavy atom. The number of aromatic amines is 1. The van der Waals surface area contributed by atoms with Crippen LogP contribution in [0, 0.1) is 0 Å². The molecule has 17 heavy (non-hydrogen) atoms.